The molecule has 3 unspecified atom stereocenters. The van der Waals surface area contributed by atoms with Gasteiger partial charge in [-0.2, -0.15) is 0 Å². The highest BCUT2D eigenvalue weighted by Crippen LogP contribution is 2.42. The van der Waals surface area contributed by atoms with Crippen LogP contribution in [0.2, 0.25) is 0 Å². The zero-order valence-electron chi connectivity index (χ0n) is 7.03. The second-order valence-electron chi connectivity index (χ2n) is 3.47. The molecule has 1 aliphatic rings. The zero-order chi connectivity index (χ0) is 8.55. The van der Waals surface area contributed by atoms with Crippen molar-refractivity contribution in [1.29, 1.82) is 0 Å². The highest BCUT2D eigenvalue weighted by molar-refractivity contribution is 9.09. The molecule has 1 aromatic rings. The first-order valence-corrected chi connectivity index (χ1v) is 6.17. The minimum atomic E-state index is 0.695. The second-order valence-corrected chi connectivity index (χ2v) is 5.37. The summed E-state index contributed by atoms with van der Waals surface area (Å²) in [6, 6.07) is 0. The Bertz CT molecular complexity index is 247. The third kappa shape index (κ3) is 1.44. The van der Waals surface area contributed by atoms with Gasteiger partial charge in [-0.05, 0) is 18.8 Å². The molecule has 66 valence electrons. The maximum absolute atomic E-state index is 4.38. The van der Waals surface area contributed by atoms with Crippen LogP contribution in [0.1, 0.15) is 31.4 Å². The Balaban J connectivity index is 2.16. The largest absolute Gasteiger partial charge is 0.249 e. The van der Waals surface area contributed by atoms with E-state index in [1.807, 2.05) is 5.51 Å². The molecule has 0 saturated heterocycles. The van der Waals surface area contributed by atoms with E-state index in [2.05, 4.69) is 33.2 Å². The maximum Gasteiger partial charge on any atom is 0.0794 e. The van der Waals surface area contributed by atoms with Gasteiger partial charge in [0.25, 0.3) is 0 Å². The number of hydrogen-bond donors (Lipinski definition) is 0. The molecule has 0 bridgehead atoms. The molecule has 0 aromatic carbocycles. The number of hydrogen-bond acceptors (Lipinski definition) is 2. The number of halogens is 1. The summed E-state index contributed by atoms with van der Waals surface area (Å²) in [5.41, 5.74) is 3.23. The van der Waals surface area contributed by atoms with E-state index in [0.717, 1.165) is 5.92 Å². The van der Waals surface area contributed by atoms with E-state index in [0.29, 0.717) is 10.7 Å². The van der Waals surface area contributed by atoms with Crippen LogP contribution >= 0.6 is 27.3 Å². The Kier molecular flexibility index (Phi) is 2.51. The molecule has 1 aromatic heterocycles. The van der Waals surface area contributed by atoms with Gasteiger partial charge < -0.3 is 0 Å². The van der Waals surface area contributed by atoms with Crippen molar-refractivity contribution < 1.29 is 0 Å². The molecule has 2 rings (SSSR count). The van der Waals surface area contributed by atoms with Crippen molar-refractivity contribution in [2.24, 2.45) is 5.92 Å². The van der Waals surface area contributed by atoms with Crippen LogP contribution in [-0.2, 0) is 0 Å². The van der Waals surface area contributed by atoms with E-state index in [1.165, 1.54) is 18.5 Å². The smallest absolute Gasteiger partial charge is 0.0794 e. The Labute approximate surface area is 85.3 Å². The van der Waals surface area contributed by atoms with Crippen LogP contribution in [0.4, 0.5) is 0 Å². The van der Waals surface area contributed by atoms with E-state index in [1.54, 1.807) is 11.3 Å². The van der Waals surface area contributed by atoms with Crippen LogP contribution < -0.4 is 0 Å². The standard InChI is InChI=1S/C9H12BrNS/c1-6-7(2-3-8(6)10)9-4-12-5-11-9/h4-8H,2-3H2,1H3. The van der Waals surface area contributed by atoms with Gasteiger partial charge in [-0.1, -0.05) is 22.9 Å². The van der Waals surface area contributed by atoms with Gasteiger partial charge in [-0.25, -0.2) is 4.98 Å². The third-order valence-electron chi connectivity index (χ3n) is 2.79. The molecule has 0 radical (unpaired) electrons. The number of thiazole rings is 1. The average Bonchev–Trinajstić information content (AvgIpc) is 2.64. The summed E-state index contributed by atoms with van der Waals surface area (Å²) in [5, 5.41) is 2.19. The summed E-state index contributed by atoms with van der Waals surface area (Å²) >= 11 is 5.41. The minimum Gasteiger partial charge on any atom is -0.249 e. The molecule has 0 amide bonds. The summed E-state index contributed by atoms with van der Waals surface area (Å²) in [6.07, 6.45) is 2.59. The van der Waals surface area contributed by atoms with Gasteiger partial charge in [0.2, 0.25) is 0 Å². The molecule has 0 N–H and O–H groups in total. The van der Waals surface area contributed by atoms with Gasteiger partial charge in [0.15, 0.2) is 0 Å². The highest BCUT2D eigenvalue weighted by Gasteiger charge is 2.32. The number of aromatic nitrogens is 1. The first-order valence-electron chi connectivity index (χ1n) is 4.31. The fourth-order valence-corrected chi connectivity index (χ4v) is 3.19. The van der Waals surface area contributed by atoms with Crippen molar-refractivity contribution in [3.05, 3.63) is 16.6 Å². The lowest BCUT2D eigenvalue weighted by Gasteiger charge is -2.14. The second kappa shape index (κ2) is 3.46. The predicted octanol–water partition coefficient (Wildman–Crippen LogP) is 3.42. The lowest BCUT2D eigenvalue weighted by molar-refractivity contribution is 0.535. The van der Waals surface area contributed by atoms with E-state index in [-0.39, 0.29) is 0 Å². The van der Waals surface area contributed by atoms with Crippen molar-refractivity contribution >= 4 is 27.3 Å². The molecule has 3 heteroatoms. The van der Waals surface area contributed by atoms with Crippen molar-refractivity contribution in [2.75, 3.05) is 0 Å². The quantitative estimate of drug-likeness (QED) is 0.692. The van der Waals surface area contributed by atoms with E-state index < -0.39 is 0 Å². The van der Waals surface area contributed by atoms with Crippen molar-refractivity contribution in [3.63, 3.8) is 0 Å². The van der Waals surface area contributed by atoms with E-state index >= 15 is 0 Å². The van der Waals surface area contributed by atoms with Crippen LogP contribution in [0, 0.1) is 5.92 Å². The molecule has 0 spiro atoms. The molecule has 0 aliphatic heterocycles. The van der Waals surface area contributed by atoms with Gasteiger partial charge in [0.1, 0.15) is 0 Å². The summed E-state index contributed by atoms with van der Waals surface area (Å²) in [5.74, 6) is 1.44. The van der Waals surface area contributed by atoms with Crippen molar-refractivity contribution in [1.82, 2.24) is 4.98 Å². The first-order chi connectivity index (χ1) is 5.79. The topological polar surface area (TPSA) is 12.9 Å². The van der Waals surface area contributed by atoms with E-state index in [9.17, 15) is 0 Å². The molecule has 1 aliphatic carbocycles. The number of alkyl halides is 1. The zero-order valence-corrected chi connectivity index (χ0v) is 9.44. The van der Waals surface area contributed by atoms with Crippen molar-refractivity contribution in [2.45, 2.75) is 30.5 Å². The van der Waals surface area contributed by atoms with E-state index in [4.69, 9.17) is 0 Å². The van der Waals surface area contributed by atoms with Crippen LogP contribution in [-0.4, -0.2) is 9.81 Å². The number of nitrogens with zero attached hydrogens (tertiary/aromatic N) is 1. The van der Waals surface area contributed by atoms with Crippen LogP contribution in [0.15, 0.2) is 10.9 Å². The highest BCUT2D eigenvalue weighted by atomic mass is 79.9. The van der Waals surface area contributed by atoms with Crippen LogP contribution in [0.25, 0.3) is 0 Å². The summed E-state index contributed by atoms with van der Waals surface area (Å²) in [6.45, 7) is 2.32. The minimum absolute atomic E-state index is 0.695. The molecule has 1 saturated carbocycles. The van der Waals surface area contributed by atoms with Crippen LogP contribution in [0.5, 0.6) is 0 Å². The van der Waals surface area contributed by atoms with Gasteiger partial charge >= 0.3 is 0 Å². The maximum atomic E-state index is 4.38. The fourth-order valence-electron chi connectivity index (χ4n) is 1.94. The number of rotatable bonds is 1. The SMILES string of the molecule is CC1C(Br)CCC1c1cscn1. The summed E-state index contributed by atoms with van der Waals surface area (Å²) in [4.78, 5) is 5.08. The average molecular weight is 246 g/mol. The molecule has 1 heterocycles. The molecule has 3 atom stereocenters. The van der Waals surface area contributed by atoms with Gasteiger partial charge in [-0.3, -0.25) is 0 Å². The summed E-state index contributed by atoms with van der Waals surface area (Å²) < 4.78 is 0. The first kappa shape index (κ1) is 8.70. The normalized spacial score (nSPS) is 35.7. The molecule has 1 nitrogen and oxygen atoms in total. The Hall–Kier alpha value is 0.110. The molecule has 12 heavy (non-hydrogen) atoms. The van der Waals surface area contributed by atoms with Gasteiger partial charge in [0, 0.05) is 16.1 Å². The molecular formula is C9H12BrNS. The third-order valence-corrected chi connectivity index (χ3v) is 4.69. The fraction of sp³-hybridized carbons (Fsp3) is 0.667. The Morgan fingerprint density at radius 3 is 2.92 bits per heavy atom. The predicted molar refractivity (Wildman–Crippen MR) is 56.0 cm³/mol. The lowest BCUT2D eigenvalue weighted by atomic mass is 9.96. The molecule has 1 fully saturated rings. The monoisotopic (exact) mass is 245 g/mol. The Morgan fingerprint density at radius 1 is 1.58 bits per heavy atom. The van der Waals surface area contributed by atoms with Gasteiger partial charge in [-0.15, -0.1) is 11.3 Å². The van der Waals surface area contributed by atoms with Crippen LogP contribution in [0.3, 0.4) is 0 Å². The summed E-state index contributed by atoms with van der Waals surface area (Å²) in [7, 11) is 0. The molecular weight excluding hydrogens is 234 g/mol. The van der Waals surface area contributed by atoms with Crippen molar-refractivity contribution in [3.8, 4) is 0 Å². The Morgan fingerprint density at radius 2 is 2.42 bits per heavy atom. The lowest BCUT2D eigenvalue weighted by Crippen LogP contribution is -2.09. The van der Waals surface area contributed by atoms with Gasteiger partial charge in [0.05, 0.1) is 11.2 Å².